The Morgan fingerprint density at radius 3 is 2.76 bits per heavy atom. The van der Waals surface area contributed by atoms with Gasteiger partial charge in [-0.05, 0) is 18.6 Å². The first-order chi connectivity index (χ1) is 10.0. The van der Waals surface area contributed by atoms with Crippen molar-refractivity contribution in [2.75, 3.05) is 0 Å². The van der Waals surface area contributed by atoms with E-state index >= 15 is 0 Å². The molecule has 7 heteroatoms. The Morgan fingerprint density at radius 2 is 2.10 bits per heavy atom. The molecule has 0 amide bonds. The van der Waals surface area contributed by atoms with Gasteiger partial charge in [-0.15, -0.1) is 0 Å². The van der Waals surface area contributed by atoms with Crippen molar-refractivity contribution in [2.24, 2.45) is 7.05 Å². The summed E-state index contributed by atoms with van der Waals surface area (Å²) in [7, 11) is 1.88. The van der Waals surface area contributed by atoms with Crippen molar-refractivity contribution >= 4 is 17.3 Å². The maximum Gasteiger partial charge on any atom is 0.275 e. The molecule has 0 atom stereocenters. The summed E-state index contributed by atoms with van der Waals surface area (Å²) in [5, 5.41) is 19.0. The second kappa shape index (κ2) is 6.69. The van der Waals surface area contributed by atoms with E-state index in [-0.39, 0.29) is 5.69 Å². The summed E-state index contributed by atoms with van der Waals surface area (Å²) in [6.07, 6.45) is 2.82. The molecular weight excluding hydrogens is 292 g/mol. The Morgan fingerprint density at radius 1 is 1.38 bits per heavy atom. The number of nitrogens with zero attached hydrogens (tertiary/aromatic N) is 3. The van der Waals surface area contributed by atoms with Gasteiger partial charge in [0.2, 0.25) is 0 Å². The van der Waals surface area contributed by atoms with Gasteiger partial charge in [0.1, 0.15) is 0 Å². The first-order valence-electron chi connectivity index (χ1n) is 6.66. The van der Waals surface area contributed by atoms with Crippen LogP contribution in [0.1, 0.15) is 23.7 Å². The molecule has 0 unspecified atom stereocenters. The number of nitro groups is 1. The average Bonchev–Trinajstić information content (AvgIpc) is 2.80. The van der Waals surface area contributed by atoms with E-state index in [4.69, 9.17) is 11.6 Å². The molecule has 21 heavy (non-hydrogen) atoms. The average molecular weight is 309 g/mol. The van der Waals surface area contributed by atoms with Crippen molar-refractivity contribution in [3.05, 3.63) is 56.4 Å². The van der Waals surface area contributed by atoms with Crippen LogP contribution in [0, 0.1) is 10.1 Å². The second-order valence-corrected chi connectivity index (χ2v) is 5.20. The number of benzene rings is 1. The summed E-state index contributed by atoms with van der Waals surface area (Å²) < 4.78 is 1.78. The second-order valence-electron chi connectivity index (χ2n) is 4.76. The highest BCUT2D eigenvalue weighted by atomic mass is 35.5. The molecule has 1 heterocycles. The van der Waals surface area contributed by atoms with E-state index in [0.29, 0.717) is 23.7 Å². The minimum atomic E-state index is -0.412. The number of aromatic nitrogens is 2. The fraction of sp³-hybridized carbons (Fsp3) is 0.357. The molecule has 0 saturated carbocycles. The van der Waals surface area contributed by atoms with Crippen LogP contribution < -0.4 is 5.32 Å². The molecular formula is C14H17ClN4O2. The molecule has 6 nitrogen and oxygen atoms in total. The van der Waals surface area contributed by atoms with Crippen molar-refractivity contribution in [3.63, 3.8) is 0 Å². The summed E-state index contributed by atoms with van der Waals surface area (Å²) in [6, 6.07) is 4.71. The van der Waals surface area contributed by atoms with E-state index in [1.807, 2.05) is 13.2 Å². The van der Waals surface area contributed by atoms with E-state index < -0.39 is 4.92 Å². The van der Waals surface area contributed by atoms with E-state index in [1.165, 1.54) is 6.07 Å². The summed E-state index contributed by atoms with van der Waals surface area (Å²) in [6.45, 7) is 3.08. The van der Waals surface area contributed by atoms with Gasteiger partial charge in [-0.1, -0.05) is 18.5 Å². The van der Waals surface area contributed by atoms with Crippen molar-refractivity contribution in [1.82, 2.24) is 15.1 Å². The topological polar surface area (TPSA) is 73.0 Å². The van der Waals surface area contributed by atoms with Gasteiger partial charge in [0.15, 0.2) is 0 Å². The summed E-state index contributed by atoms with van der Waals surface area (Å²) in [4.78, 5) is 10.6. The predicted octanol–water partition coefficient (Wildman–Crippen LogP) is 2.83. The maximum absolute atomic E-state index is 11.0. The molecule has 112 valence electrons. The van der Waals surface area contributed by atoms with Gasteiger partial charge in [-0.25, -0.2) is 0 Å². The Bertz CT molecular complexity index is 654. The maximum atomic E-state index is 11.0. The quantitative estimate of drug-likeness (QED) is 0.658. The molecule has 1 N–H and O–H groups in total. The first kappa shape index (κ1) is 15.5. The lowest BCUT2D eigenvalue weighted by molar-refractivity contribution is -0.385. The van der Waals surface area contributed by atoms with Crippen LogP contribution in [0.2, 0.25) is 5.02 Å². The van der Waals surface area contributed by atoms with Gasteiger partial charge in [-0.3, -0.25) is 14.8 Å². The number of nitrogens with one attached hydrogen (secondary N) is 1. The normalized spacial score (nSPS) is 10.8. The highest BCUT2D eigenvalue weighted by molar-refractivity contribution is 6.30. The lowest BCUT2D eigenvalue weighted by Gasteiger charge is -2.06. The highest BCUT2D eigenvalue weighted by Gasteiger charge is 2.14. The van der Waals surface area contributed by atoms with Gasteiger partial charge in [0.25, 0.3) is 5.69 Å². The monoisotopic (exact) mass is 308 g/mol. The standard InChI is InChI=1S/C14H17ClN4O2/c1-3-13-11(9-18(2)17-13)8-16-7-10-4-5-12(15)6-14(10)19(20)21/h4-6,9,16H,3,7-8H2,1-2H3. The molecule has 0 saturated heterocycles. The Labute approximate surface area is 127 Å². The van der Waals surface area contributed by atoms with Crippen LogP contribution in [0.25, 0.3) is 0 Å². The van der Waals surface area contributed by atoms with E-state index in [1.54, 1.807) is 16.8 Å². The summed E-state index contributed by atoms with van der Waals surface area (Å²) >= 11 is 5.80. The van der Waals surface area contributed by atoms with Crippen LogP contribution in [0.3, 0.4) is 0 Å². The molecule has 2 aromatic rings. The van der Waals surface area contributed by atoms with Crippen molar-refractivity contribution < 1.29 is 4.92 Å². The zero-order valence-electron chi connectivity index (χ0n) is 12.0. The molecule has 0 aliphatic rings. The highest BCUT2D eigenvalue weighted by Crippen LogP contribution is 2.23. The first-order valence-corrected chi connectivity index (χ1v) is 7.04. The number of nitro benzene ring substituents is 1. The smallest absolute Gasteiger partial charge is 0.275 e. The number of hydrogen-bond acceptors (Lipinski definition) is 4. The minimum absolute atomic E-state index is 0.0388. The Hall–Kier alpha value is -1.92. The van der Waals surface area contributed by atoms with E-state index in [0.717, 1.165) is 17.7 Å². The van der Waals surface area contributed by atoms with Gasteiger partial charge in [0.05, 0.1) is 10.6 Å². The number of hydrogen-bond donors (Lipinski definition) is 1. The molecule has 0 radical (unpaired) electrons. The third kappa shape index (κ3) is 3.80. The zero-order valence-corrected chi connectivity index (χ0v) is 12.7. The SMILES string of the molecule is CCc1nn(C)cc1CNCc1ccc(Cl)cc1[N+](=O)[O-]. The van der Waals surface area contributed by atoms with E-state index in [2.05, 4.69) is 17.3 Å². The molecule has 0 fully saturated rings. The molecule has 0 spiro atoms. The molecule has 1 aromatic heterocycles. The number of rotatable bonds is 6. The van der Waals surface area contributed by atoms with Crippen LogP contribution in [-0.2, 0) is 26.6 Å². The van der Waals surface area contributed by atoms with Crippen LogP contribution in [0.4, 0.5) is 5.69 Å². The van der Waals surface area contributed by atoms with Crippen molar-refractivity contribution in [2.45, 2.75) is 26.4 Å². The molecule has 1 aromatic carbocycles. The van der Waals surface area contributed by atoms with E-state index in [9.17, 15) is 10.1 Å². The fourth-order valence-electron chi connectivity index (χ4n) is 2.22. The molecule has 0 bridgehead atoms. The number of aryl methyl sites for hydroxylation is 2. The summed E-state index contributed by atoms with van der Waals surface area (Å²) in [5.74, 6) is 0. The zero-order chi connectivity index (χ0) is 15.4. The van der Waals surface area contributed by atoms with Crippen LogP contribution in [0.5, 0.6) is 0 Å². The van der Waals surface area contributed by atoms with Crippen LogP contribution in [0.15, 0.2) is 24.4 Å². The fourth-order valence-corrected chi connectivity index (χ4v) is 2.38. The third-order valence-electron chi connectivity index (χ3n) is 3.20. The van der Waals surface area contributed by atoms with Crippen molar-refractivity contribution in [3.8, 4) is 0 Å². The largest absolute Gasteiger partial charge is 0.308 e. The summed E-state index contributed by atoms with van der Waals surface area (Å²) in [5.41, 5.74) is 2.80. The lowest BCUT2D eigenvalue weighted by atomic mass is 10.1. The van der Waals surface area contributed by atoms with Gasteiger partial charge >= 0.3 is 0 Å². The molecule has 0 aliphatic heterocycles. The lowest BCUT2D eigenvalue weighted by Crippen LogP contribution is -2.14. The van der Waals surface area contributed by atoms with Crippen LogP contribution in [-0.4, -0.2) is 14.7 Å². The Balaban J connectivity index is 2.05. The van der Waals surface area contributed by atoms with Crippen molar-refractivity contribution in [1.29, 1.82) is 0 Å². The van der Waals surface area contributed by atoms with Gasteiger partial charge in [-0.2, -0.15) is 5.10 Å². The molecule has 2 rings (SSSR count). The van der Waals surface area contributed by atoms with Gasteiger partial charge < -0.3 is 5.32 Å². The molecule has 0 aliphatic carbocycles. The predicted molar refractivity (Wildman–Crippen MR) is 81.2 cm³/mol. The third-order valence-corrected chi connectivity index (χ3v) is 3.44. The van der Waals surface area contributed by atoms with Crippen LogP contribution >= 0.6 is 11.6 Å². The Kier molecular flexibility index (Phi) is 4.93. The number of halogens is 1. The minimum Gasteiger partial charge on any atom is -0.308 e. The van der Waals surface area contributed by atoms with Gasteiger partial charge in [0, 0.05) is 48.5 Å².